The standard InChI is InChI=1S/C19H21N3O4S2/c1-2-25-16-7-5-14(6-8-16)18-20-19(26-21-18)15-9-11-22(12-10-15)28(23,24)17-4-3-13-27-17/h3-8,13,15H,2,9-12H2,1H3. The molecule has 4 rings (SSSR count). The molecule has 3 heterocycles. The van der Waals surface area contributed by atoms with Gasteiger partial charge < -0.3 is 9.26 Å². The van der Waals surface area contributed by atoms with Crippen molar-refractivity contribution in [3.8, 4) is 17.1 Å². The summed E-state index contributed by atoms with van der Waals surface area (Å²) < 4.78 is 38.1. The number of benzene rings is 1. The van der Waals surface area contributed by atoms with E-state index < -0.39 is 10.0 Å². The van der Waals surface area contributed by atoms with Gasteiger partial charge in [0, 0.05) is 24.6 Å². The first kappa shape index (κ1) is 19.1. The first-order chi connectivity index (χ1) is 13.6. The molecular weight excluding hydrogens is 398 g/mol. The summed E-state index contributed by atoms with van der Waals surface area (Å²) in [4.78, 5) is 4.53. The molecule has 148 valence electrons. The van der Waals surface area contributed by atoms with Crippen LogP contribution in [0.3, 0.4) is 0 Å². The van der Waals surface area contributed by atoms with Crippen LogP contribution in [0.25, 0.3) is 11.4 Å². The molecular formula is C19H21N3O4S2. The number of sulfonamides is 1. The molecule has 0 unspecified atom stereocenters. The monoisotopic (exact) mass is 419 g/mol. The van der Waals surface area contributed by atoms with Crippen molar-refractivity contribution in [2.24, 2.45) is 0 Å². The summed E-state index contributed by atoms with van der Waals surface area (Å²) >= 11 is 1.25. The number of piperidine rings is 1. The Morgan fingerprint density at radius 2 is 1.96 bits per heavy atom. The molecule has 1 aliphatic heterocycles. The summed E-state index contributed by atoms with van der Waals surface area (Å²) in [6.07, 6.45) is 1.32. The molecule has 0 radical (unpaired) electrons. The predicted molar refractivity (Wildman–Crippen MR) is 106 cm³/mol. The Morgan fingerprint density at radius 1 is 1.21 bits per heavy atom. The van der Waals surface area contributed by atoms with Gasteiger partial charge in [-0.05, 0) is 55.5 Å². The van der Waals surface area contributed by atoms with Crippen molar-refractivity contribution in [2.45, 2.75) is 29.9 Å². The lowest BCUT2D eigenvalue weighted by Gasteiger charge is -2.29. The predicted octanol–water partition coefficient (Wildman–Crippen LogP) is 3.77. The Morgan fingerprint density at radius 3 is 2.61 bits per heavy atom. The smallest absolute Gasteiger partial charge is 0.252 e. The fourth-order valence-corrected chi connectivity index (χ4v) is 5.88. The van der Waals surface area contributed by atoms with E-state index >= 15 is 0 Å². The van der Waals surface area contributed by atoms with Crippen LogP contribution in [0, 0.1) is 0 Å². The van der Waals surface area contributed by atoms with Gasteiger partial charge in [0.05, 0.1) is 6.61 Å². The van der Waals surface area contributed by atoms with E-state index in [-0.39, 0.29) is 5.92 Å². The van der Waals surface area contributed by atoms with E-state index in [2.05, 4.69) is 10.1 Å². The fourth-order valence-electron chi connectivity index (χ4n) is 3.27. The molecule has 1 aliphatic rings. The molecule has 0 spiro atoms. The maximum Gasteiger partial charge on any atom is 0.252 e. The third-order valence-electron chi connectivity index (χ3n) is 4.76. The van der Waals surface area contributed by atoms with Crippen molar-refractivity contribution in [2.75, 3.05) is 19.7 Å². The number of aromatic nitrogens is 2. The average Bonchev–Trinajstić information content (AvgIpc) is 3.42. The average molecular weight is 420 g/mol. The lowest BCUT2D eigenvalue weighted by atomic mass is 9.98. The van der Waals surface area contributed by atoms with Gasteiger partial charge in [0.25, 0.3) is 10.0 Å². The number of ether oxygens (including phenoxy) is 1. The molecule has 0 amide bonds. The van der Waals surface area contributed by atoms with Gasteiger partial charge in [-0.25, -0.2) is 8.42 Å². The minimum atomic E-state index is -3.40. The second-order valence-corrected chi connectivity index (χ2v) is 9.64. The number of hydrogen-bond acceptors (Lipinski definition) is 7. The zero-order valence-corrected chi connectivity index (χ0v) is 17.1. The van der Waals surface area contributed by atoms with Crippen LogP contribution >= 0.6 is 11.3 Å². The summed E-state index contributed by atoms with van der Waals surface area (Å²) in [5.74, 6) is 1.97. The molecule has 2 aromatic heterocycles. The first-order valence-electron chi connectivity index (χ1n) is 9.18. The van der Waals surface area contributed by atoms with Crippen LogP contribution < -0.4 is 4.74 Å². The molecule has 1 aromatic carbocycles. The Bertz CT molecular complexity index is 1010. The minimum absolute atomic E-state index is 0.0683. The number of hydrogen-bond donors (Lipinski definition) is 0. The fraction of sp³-hybridized carbons (Fsp3) is 0.368. The third kappa shape index (κ3) is 3.82. The quantitative estimate of drug-likeness (QED) is 0.605. The molecule has 1 fully saturated rings. The van der Waals surface area contributed by atoms with Gasteiger partial charge in [-0.2, -0.15) is 9.29 Å². The number of thiophene rings is 1. The van der Waals surface area contributed by atoms with Crippen LogP contribution in [-0.2, 0) is 10.0 Å². The van der Waals surface area contributed by atoms with E-state index in [1.807, 2.05) is 31.2 Å². The van der Waals surface area contributed by atoms with Crippen molar-refractivity contribution in [3.05, 3.63) is 47.7 Å². The number of rotatable bonds is 6. The molecule has 9 heteroatoms. The van der Waals surface area contributed by atoms with E-state index in [0.29, 0.717) is 48.5 Å². The molecule has 0 saturated carbocycles. The Labute approximate surface area is 168 Å². The Kier molecular flexibility index (Phi) is 5.47. The van der Waals surface area contributed by atoms with Gasteiger partial charge in [-0.1, -0.05) is 11.2 Å². The van der Waals surface area contributed by atoms with Crippen LogP contribution in [0.1, 0.15) is 31.6 Å². The zero-order chi connectivity index (χ0) is 19.6. The highest BCUT2D eigenvalue weighted by Crippen LogP contribution is 2.32. The highest BCUT2D eigenvalue weighted by molar-refractivity contribution is 7.91. The van der Waals surface area contributed by atoms with Crippen LogP contribution in [0.2, 0.25) is 0 Å². The van der Waals surface area contributed by atoms with Gasteiger partial charge in [-0.3, -0.25) is 0 Å². The van der Waals surface area contributed by atoms with E-state index in [4.69, 9.17) is 9.26 Å². The van der Waals surface area contributed by atoms with E-state index in [9.17, 15) is 8.42 Å². The summed E-state index contributed by atoms with van der Waals surface area (Å²) in [7, 11) is -3.40. The van der Waals surface area contributed by atoms with Crippen molar-refractivity contribution >= 4 is 21.4 Å². The van der Waals surface area contributed by atoms with E-state index in [1.54, 1.807) is 21.8 Å². The SMILES string of the molecule is CCOc1ccc(-c2noc(C3CCN(S(=O)(=O)c4cccs4)CC3)n2)cc1. The maximum absolute atomic E-state index is 12.6. The van der Waals surface area contributed by atoms with E-state index in [0.717, 1.165) is 11.3 Å². The molecule has 0 aliphatic carbocycles. The summed E-state index contributed by atoms with van der Waals surface area (Å²) in [6.45, 7) is 3.46. The van der Waals surface area contributed by atoms with Crippen molar-refractivity contribution in [1.82, 2.24) is 14.4 Å². The Balaban J connectivity index is 1.42. The molecule has 0 atom stereocenters. The molecule has 1 saturated heterocycles. The second-order valence-electron chi connectivity index (χ2n) is 6.52. The zero-order valence-electron chi connectivity index (χ0n) is 15.4. The molecule has 0 N–H and O–H groups in total. The van der Waals surface area contributed by atoms with Crippen LogP contribution in [0.5, 0.6) is 5.75 Å². The first-order valence-corrected chi connectivity index (χ1v) is 11.5. The van der Waals surface area contributed by atoms with Crippen LogP contribution in [0.4, 0.5) is 0 Å². The molecule has 0 bridgehead atoms. The topological polar surface area (TPSA) is 85.5 Å². The van der Waals surface area contributed by atoms with Crippen LogP contribution in [0.15, 0.2) is 50.5 Å². The summed E-state index contributed by atoms with van der Waals surface area (Å²) in [5.41, 5.74) is 0.858. The third-order valence-corrected chi connectivity index (χ3v) is 8.03. The van der Waals surface area contributed by atoms with Gasteiger partial charge in [0.2, 0.25) is 11.7 Å². The molecule has 7 nitrogen and oxygen atoms in total. The normalized spacial score (nSPS) is 16.3. The Hall–Kier alpha value is -2.23. The lowest BCUT2D eigenvalue weighted by Crippen LogP contribution is -2.37. The molecule has 28 heavy (non-hydrogen) atoms. The highest BCUT2D eigenvalue weighted by atomic mass is 32.2. The largest absolute Gasteiger partial charge is 0.494 e. The summed E-state index contributed by atoms with van der Waals surface area (Å²) in [6, 6.07) is 11.0. The maximum atomic E-state index is 12.6. The van der Waals surface area contributed by atoms with Crippen molar-refractivity contribution in [3.63, 3.8) is 0 Å². The van der Waals surface area contributed by atoms with E-state index in [1.165, 1.54) is 11.3 Å². The van der Waals surface area contributed by atoms with Crippen molar-refractivity contribution in [1.29, 1.82) is 0 Å². The summed E-state index contributed by atoms with van der Waals surface area (Å²) in [5, 5.41) is 5.87. The lowest BCUT2D eigenvalue weighted by molar-refractivity contribution is 0.271. The highest BCUT2D eigenvalue weighted by Gasteiger charge is 2.32. The minimum Gasteiger partial charge on any atom is -0.494 e. The van der Waals surface area contributed by atoms with Crippen molar-refractivity contribution < 1.29 is 17.7 Å². The number of nitrogens with zero attached hydrogens (tertiary/aromatic N) is 3. The van der Waals surface area contributed by atoms with Gasteiger partial charge >= 0.3 is 0 Å². The van der Waals surface area contributed by atoms with Crippen LogP contribution in [-0.4, -0.2) is 42.6 Å². The van der Waals surface area contributed by atoms with Gasteiger partial charge in [0.1, 0.15) is 9.96 Å². The van der Waals surface area contributed by atoms with Gasteiger partial charge in [0.15, 0.2) is 0 Å². The molecule has 3 aromatic rings. The van der Waals surface area contributed by atoms with Gasteiger partial charge in [-0.15, -0.1) is 11.3 Å². The second kappa shape index (κ2) is 8.02.